The van der Waals surface area contributed by atoms with Crippen molar-refractivity contribution >= 4 is 11.6 Å². The Balaban J connectivity index is 1.85. The molecule has 1 N–H and O–H groups in total. The van der Waals surface area contributed by atoms with Crippen molar-refractivity contribution < 1.29 is 0 Å². The minimum atomic E-state index is 0.457. The summed E-state index contributed by atoms with van der Waals surface area (Å²) in [6.45, 7) is 3.19. The summed E-state index contributed by atoms with van der Waals surface area (Å²) in [4.78, 5) is 0. The fourth-order valence-electron chi connectivity index (χ4n) is 3.51. The van der Waals surface area contributed by atoms with E-state index in [1.807, 2.05) is 6.07 Å². The summed E-state index contributed by atoms with van der Waals surface area (Å²) >= 11 is 6.13. The van der Waals surface area contributed by atoms with Gasteiger partial charge in [-0.2, -0.15) is 0 Å². The van der Waals surface area contributed by atoms with E-state index in [-0.39, 0.29) is 0 Å². The first-order valence-corrected chi connectivity index (χ1v) is 8.21. The van der Waals surface area contributed by atoms with Crippen molar-refractivity contribution in [1.29, 1.82) is 0 Å². The second kappa shape index (κ2) is 6.64. The SMILES string of the molecule is CCNC1c2ccccc2CCC1Cc1cccc(Cl)c1. The van der Waals surface area contributed by atoms with E-state index in [2.05, 4.69) is 54.7 Å². The lowest BCUT2D eigenvalue weighted by atomic mass is 9.77. The summed E-state index contributed by atoms with van der Waals surface area (Å²) in [5, 5.41) is 4.53. The van der Waals surface area contributed by atoms with Crippen molar-refractivity contribution in [3.63, 3.8) is 0 Å². The first-order chi connectivity index (χ1) is 10.3. The van der Waals surface area contributed by atoms with E-state index in [0.717, 1.165) is 18.0 Å². The highest BCUT2D eigenvalue weighted by molar-refractivity contribution is 6.30. The van der Waals surface area contributed by atoms with Crippen LogP contribution in [0.5, 0.6) is 0 Å². The van der Waals surface area contributed by atoms with Crippen LogP contribution in [0.1, 0.15) is 36.1 Å². The minimum Gasteiger partial charge on any atom is -0.310 e. The predicted octanol–water partition coefficient (Wildman–Crippen LogP) is 4.80. The van der Waals surface area contributed by atoms with Crippen LogP contribution < -0.4 is 5.32 Å². The first kappa shape index (κ1) is 14.6. The molecule has 1 aliphatic carbocycles. The van der Waals surface area contributed by atoms with Crippen LogP contribution in [-0.2, 0) is 12.8 Å². The van der Waals surface area contributed by atoms with Crippen molar-refractivity contribution in [3.8, 4) is 0 Å². The average molecular weight is 300 g/mol. The maximum absolute atomic E-state index is 6.13. The lowest BCUT2D eigenvalue weighted by Gasteiger charge is -2.34. The summed E-state index contributed by atoms with van der Waals surface area (Å²) in [6.07, 6.45) is 3.51. The van der Waals surface area contributed by atoms with E-state index in [0.29, 0.717) is 12.0 Å². The Morgan fingerprint density at radius 3 is 2.81 bits per heavy atom. The Labute approximate surface area is 132 Å². The quantitative estimate of drug-likeness (QED) is 0.855. The van der Waals surface area contributed by atoms with Gasteiger partial charge in [0.2, 0.25) is 0 Å². The number of hydrogen-bond acceptors (Lipinski definition) is 1. The molecule has 0 radical (unpaired) electrons. The lowest BCUT2D eigenvalue weighted by Crippen LogP contribution is -2.33. The molecule has 0 aliphatic heterocycles. The largest absolute Gasteiger partial charge is 0.310 e. The number of fused-ring (bicyclic) bond motifs is 1. The van der Waals surface area contributed by atoms with Crippen LogP contribution >= 0.6 is 11.6 Å². The van der Waals surface area contributed by atoms with Gasteiger partial charge in [-0.05, 0) is 60.5 Å². The molecule has 110 valence electrons. The maximum atomic E-state index is 6.13. The average Bonchev–Trinajstić information content (AvgIpc) is 2.50. The van der Waals surface area contributed by atoms with E-state index < -0.39 is 0 Å². The molecule has 2 unspecified atom stereocenters. The molecule has 0 saturated heterocycles. The van der Waals surface area contributed by atoms with Gasteiger partial charge in [0, 0.05) is 11.1 Å². The van der Waals surface area contributed by atoms with E-state index in [1.165, 1.54) is 29.5 Å². The van der Waals surface area contributed by atoms with E-state index >= 15 is 0 Å². The van der Waals surface area contributed by atoms with Crippen LogP contribution in [0.4, 0.5) is 0 Å². The molecule has 0 saturated carbocycles. The monoisotopic (exact) mass is 299 g/mol. The molecule has 0 fully saturated rings. The number of nitrogens with one attached hydrogen (secondary N) is 1. The highest BCUT2D eigenvalue weighted by Gasteiger charge is 2.28. The van der Waals surface area contributed by atoms with Gasteiger partial charge in [0.1, 0.15) is 0 Å². The highest BCUT2D eigenvalue weighted by atomic mass is 35.5. The Kier molecular flexibility index (Phi) is 4.62. The molecular weight excluding hydrogens is 278 g/mol. The molecule has 0 amide bonds. The second-order valence-electron chi connectivity index (χ2n) is 5.87. The molecule has 2 heteroatoms. The molecule has 21 heavy (non-hydrogen) atoms. The van der Waals surface area contributed by atoms with E-state index in [4.69, 9.17) is 11.6 Å². The first-order valence-electron chi connectivity index (χ1n) is 7.83. The molecular formula is C19H22ClN. The van der Waals surface area contributed by atoms with Gasteiger partial charge in [0.15, 0.2) is 0 Å². The zero-order valence-corrected chi connectivity index (χ0v) is 13.2. The molecule has 1 nitrogen and oxygen atoms in total. The number of benzene rings is 2. The van der Waals surface area contributed by atoms with Gasteiger partial charge in [0.25, 0.3) is 0 Å². The second-order valence-corrected chi connectivity index (χ2v) is 6.30. The van der Waals surface area contributed by atoms with Crippen molar-refractivity contribution in [3.05, 3.63) is 70.2 Å². The Hall–Kier alpha value is -1.31. The molecule has 0 aromatic heterocycles. The topological polar surface area (TPSA) is 12.0 Å². The highest BCUT2D eigenvalue weighted by Crippen LogP contribution is 2.36. The van der Waals surface area contributed by atoms with Gasteiger partial charge in [-0.1, -0.05) is 54.9 Å². The molecule has 2 aromatic rings. The van der Waals surface area contributed by atoms with Gasteiger partial charge in [-0.25, -0.2) is 0 Å². The fourth-order valence-corrected chi connectivity index (χ4v) is 3.72. The third kappa shape index (κ3) is 3.30. The maximum Gasteiger partial charge on any atom is 0.0408 e. The van der Waals surface area contributed by atoms with Crippen molar-refractivity contribution in [2.24, 2.45) is 5.92 Å². The van der Waals surface area contributed by atoms with E-state index in [1.54, 1.807) is 0 Å². The Morgan fingerprint density at radius 1 is 1.14 bits per heavy atom. The standard InChI is InChI=1S/C19H22ClN/c1-2-21-19-16(12-14-6-5-8-17(20)13-14)11-10-15-7-3-4-9-18(15)19/h3-9,13,16,19,21H,2,10-12H2,1H3. The molecule has 2 aromatic carbocycles. The van der Waals surface area contributed by atoms with Gasteiger partial charge in [0.05, 0.1) is 0 Å². The summed E-state index contributed by atoms with van der Waals surface area (Å²) in [6, 6.07) is 17.6. The zero-order valence-electron chi connectivity index (χ0n) is 12.5. The number of hydrogen-bond donors (Lipinski definition) is 1. The summed E-state index contributed by atoms with van der Waals surface area (Å²) in [5.41, 5.74) is 4.33. The van der Waals surface area contributed by atoms with Gasteiger partial charge in [-0.3, -0.25) is 0 Å². The lowest BCUT2D eigenvalue weighted by molar-refractivity contribution is 0.323. The Morgan fingerprint density at radius 2 is 2.00 bits per heavy atom. The normalized spacial score (nSPS) is 21.0. The Bertz CT molecular complexity index is 608. The zero-order chi connectivity index (χ0) is 14.7. The summed E-state index contributed by atoms with van der Waals surface area (Å²) < 4.78 is 0. The van der Waals surface area contributed by atoms with E-state index in [9.17, 15) is 0 Å². The number of halogens is 1. The smallest absolute Gasteiger partial charge is 0.0408 e. The molecule has 2 atom stereocenters. The molecule has 0 spiro atoms. The van der Waals surface area contributed by atoms with Crippen LogP contribution in [0.25, 0.3) is 0 Å². The third-order valence-corrected chi connectivity index (χ3v) is 4.69. The van der Waals surface area contributed by atoms with Crippen LogP contribution in [0.15, 0.2) is 48.5 Å². The van der Waals surface area contributed by atoms with Crippen LogP contribution in [0, 0.1) is 5.92 Å². The predicted molar refractivity (Wildman–Crippen MR) is 89.8 cm³/mol. The summed E-state index contributed by atoms with van der Waals surface area (Å²) in [5.74, 6) is 0.637. The van der Waals surface area contributed by atoms with Crippen LogP contribution in [0.3, 0.4) is 0 Å². The van der Waals surface area contributed by atoms with Gasteiger partial charge >= 0.3 is 0 Å². The number of aryl methyl sites for hydroxylation is 1. The van der Waals surface area contributed by atoms with Gasteiger partial charge < -0.3 is 5.32 Å². The van der Waals surface area contributed by atoms with Crippen LogP contribution in [-0.4, -0.2) is 6.54 Å². The third-order valence-electron chi connectivity index (χ3n) is 4.46. The molecule has 3 rings (SSSR count). The van der Waals surface area contributed by atoms with Crippen molar-refractivity contribution in [2.75, 3.05) is 6.54 Å². The summed E-state index contributed by atoms with van der Waals surface area (Å²) in [7, 11) is 0. The fraction of sp³-hybridized carbons (Fsp3) is 0.368. The molecule has 0 bridgehead atoms. The molecule has 1 aliphatic rings. The van der Waals surface area contributed by atoms with Crippen molar-refractivity contribution in [2.45, 2.75) is 32.2 Å². The molecule has 0 heterocycles. The van der Waals surface area contributed by atoms with Crippen molar-refractivity contribution in [1.82, 2.24) is 5.32 Å². The van der Waals surface area contributed by atoms with Crippen LogP contribution in [0.2, 0.25) is 5.02 Å². The minimum absolute atomic E-state index is 0.457. The number of rotatable bonds is 4. The van der Waals surface area contributed by atoms with Gasteiger partial charge in [-0.15, -0.1) is 0 Å².